The van der Waals surface area contributed by atoms with E-state index >= 15 is 0 Å². The monoisotopic (exact) mass is 603 g/mol. The second-order valence-electron chi connectivity index (χ2n) is 9.50. The maximum absolute atomic E-state index is 14.1. The first kappa shape index (κ1) is 31.5. The fraction of sp³-hybridized carbons (Fsp3) is 0.333. The topological polar surface area (TPSA) is 86.8 Å². The Morgan fingerprint density at radius 1 is 0.925 bits per heavy atom. The predicted octanol–water partition coefficient (Wildman–Crippen LogP) is 6.00. The van der Waals surface area contributed by atoms with Crippen LogP contribution in [0.4, 0.5) is 5.69 Å². The van der Waals surface area contributed by atoms with Crippen LogP contribution in [0.15, 0.2) is 71.6 Å². The van der Waals surface area contributed by atoms with Gasteiger partial charge in [-0.1, -0.05) is 79.0 Å². The van der Waals surface area contributed by atoms with Crippen molar-refractivity contribution in [2.45, 2.75) is 58.0 Å². The number of hydrogen-bond acceptors (Lipinski definition) is 4. The molecule has 0 spiro atoms. The van der Waals surface area contributed by atoms with Gasteiger partial charge in [0.05, 0.1) is 10.6 Å². The van der Waals surface area contributed by atoms with Gasteiger partial charge in [0, 0.05) is 28.7 Å². The van der Waals surface area contributed by atoms with Gasteiger partial charge in [-0.05, 0) is 62.6 Å². The molecule has 0 aromatic heterocycles. The minimum atomic E-state index is -4.15. The fourth-order valence-corrected chi connectivity index (χ4v) is 6.21. The van der Waals surface area contributed by atoms with Gasteiger partial charge < -0.3 is 10.2 Å². The number of nitrogens with one attached hydrogen (secondary N) is 1. The number of rotatable bonds is 12. The van der Waals surface area contributed by atoms with Crippen molar-refractivity contribution in [2.24, 2.45) is 0 Å². The first-order chi connectivity index (χ1) is 19.0. The van der Waals surface area contributed by atoms with Gasteiger partial charge in [0.1, 0.15) is 12.6 Å². The molecule has 7 nitrogen and oxygen atoms in total. The van der Waals surface area contributed by atoms with Gasteiger partial charge in [0.2, 0.25) is 11.8 Å². The Balaban J connectivity index is 2.09. The van der Waals surface area contributed by atoms with E-state index in [4.69, 9.17) is 23.2 Å². The summed E-state index contributed by atoms with van der Waals surface area (Å²) in [5.41, 5.74) is 2.54. The largest absolute Gasteiger partial charge is 0.354 e. The Hall–Kier alpha value is -3.07. The highest BCUT2D eigenvalue weighted by Gasteiger charge is 2.33. The number of anilines is 1. The summed E-state index contributed by atoms with van der Waals surface area (Å²) in [6.07, 6.45) is 1.28. The van der Waals surface area contributed by atoms with Crippen LogP contribution in [0, 0.1) is 6.92 Å². The van der Waals surface area contributed by atoms with E-state index in [0.717, 1.165) is 21.9 Å². The van der Waals surface area contributed by atoms with Gasteiger partial charge in [-0.15, -0.1) is 0 Å². The van der Waals surface area contributed by atoms with Crippen LogP contribution in [0.1, 0.15) is 43.9 Å². The lowest BCUT2D eigenvalue weighted by Crippen LogP contribution is -2.51. The van der Waals surface area contributed by atoms with Crippen molar-refractivity contribution < 1.29 is 18.0 Å². The first-order valence-electron chi connectivity index (χ1n) is 13.2. The van der Waals surface area contributed by atoms with Gasteiger partial charge >= 0.3 is 0 Å². The Morgan fingerprint density at radius 3 is 2.15 bits per heavy atom. The first-order valence-corrected chi connectivity index (χ1v) is 15.4. The molecule has 0 aliphatic carbocycles. The number of carbonyl (C=O) groups is 2. The zero-order valence-corrected chi connectivity index (χ0v) is 25.5. The molecule has 0 saturated carbocycles. The van der Waals surface area contributed by atoms with Crippen molar-refractivity contribution in [1.82, 2.24) is 10.2 Å². The lowest BCUT2D eigenvalue weighted by atomic mass is 10.1. The molecule has 3 aromatic carbocycles. The summed E-state index contributed by atoms with van der Waals surface area (Å²) >= 11 is 12.8. The number of sulfonamides is 1. The molecule has 2 amide bonds. The molecule has 0 heterocycles. The van der Waals surface area contributed by atoms with E-state index in [1.165, 1.54) is 17.0 Å². The molecule has 0 fully saturated rings. The summed E-state index contributed by atoms with van der Waals surface area (Å²) in [5.74, 6) is -0.933. The third-order valence-electron chi connectivity index (χ3n) is 6.64. The van der Waals surface area contributed by atoms with Crippen LogP contribution < -0.4 is 9.62 Å². The lowest BCUT2D eigenvalue weighted by molar-refractivity contribution is -0.139. The molecule has 0 unspecified atom stereocenters. The minimum Gasteiger partial charge on any atom is -0.354 e. The van der Waals surface area contributed by atoms with Crippen molar-refractivity contribution in [1.29, 1.82) is 0 Å². The van der Waals surface area contributed by atoms with E-state index in [-0.39, 0.29) is 17.3 Å². The Morgan fingerprint density at radius 2 is 1.55 bits per heavy atom. The van der Waals surface area contributed by atoms with Crippen molar-refractivity contribution in [3.8, 4) is 0 Å². The molecule has 0 saturated heterocycles. The SMILES string of the molecule is CCCNC(=O)[C@@H](C)N(Cc1c(Cl)cccc1Cl)C(=O)CN(c1ccccc1CC)S(=O)(=O)c1ccc(C)cc1. The number of amides is 2. The molecular formula is C30H35Cl2N3O4S. The quantitative estimate of drug-likeness (QED) is 0.275. The zero-order chi connectivity index (χ0) is 29.4. The van der Waals surface area contributed by atoms with Crippen molar-refractivity contribution in [2.75, 3.05) is 17.4 Å². The normalized spacial score (nSPS) is 12.1. The number of benzene rings is 3. The maximum Gasteiger partial charge on any atom is 0.264 e. The van der Waals surface area contributed by atoms with Crippen molar-refractivity contribution >= 4 is 50.7 Å². The Bertz CT molecular complexity index is 1430. The molecule has 40 heavy (non-hydrogen) atoms. The standard InChI is InChI=1S/C30H35Cl2N3O4S/c1-5-18-33-30(37)22(4)34(19-25-26(31)11-9-12-27(25)32)29(36)20-35(28-13-8-7-10-23(28)6-2)40(38,39)24-16-14-21(3)15-17-24/h7-17,22H,5-6,18-20H2,1-4H3,(H,33,37)/t22-/m1/s1. The molecule has 10 heteroatoms. The van der Waals surface area contributed by atoms with Crippen LogP contribution in [-0.4, -0.2) is 44.3 Å². The average Bonchev–Trinajstić information content (AvgIpc) is 2.94. The average molecular weight is 605 g/mol. The van der Waals surface area contributed by atoms with Gasteiger partial charge in [0.25, 0.3) is 10.0 Å². The second-order valence-corrected chi connectivity index (χ2v) is 12.2. The van der Waals surface area contributed by atoms with Gasteiger partial charge in [-0.2, -0.15) is 0 Å². The Kier molecular flexibility index (Phi) is 11.0. The predicted molar refractivity (Wildman–Crippen MR) is 161 cm³/mol. The van der Waals surface area contributed by atoms with Crippen LogP contribution in [-0.2, 0) is 32.6 Å². The van der Waals surface area contributed by atoms with Crippen LogP contribution in [0.25, 0.3) is 0 Å². The highest BCUT2D eigenvalue weighted by Crippen LogP contribution is 2.30. The number of aryl methyl sites for hydroxylation is 2. The van der Waals surface area contributed by atoms with E-state index in [1.807, 2.05) is 32.9 Å². The molecule has 1 atom stereocenters. The number of nitrogens with zero attached hydrogens (tertiary/aromatic N) is 2. The molecule has 0 radical (unpaired) electrons. The minimum absolute atomic E-state index is 0.0613. The lowest BCUT2D eigenvalue weighted by Gasteiger charge is -2.33. The third kappa shape index (κ3) is 7.36. The van der Waals surface area contributed by atoms with E-state index in [0.29, 0.717) is 34.3 Å². The van der Waals surface area contributed by atoms with Crippen LogP contribution >= 0.6 is 23.2 Å². The van der Waals surface area contributed by atoms with Crippen molar-refractivity contribution in [3.63, 3.8) is 0 Å². The van der Waals surface area contributed by atoms with E-state index in [9.17, 15) is 18.0 Å². The molecule has 3 aromatic rings. The molecule has 3 rings (SSSR count). The summed E-state index contributed by atoms with van der Waals surface area (Å²) in [7, 11) is -4.15. The summed E-state index contributed by atoms with van der Waals surface area (Å²) in [5, 5.41) is 3.50. The smallest absolute Gasteiger partial charge is 0.264 e. The molecular weight excluding hydrogens is 569 g/mol. The van der Waals surface area contributed by atoms with E-state index < -0.39 is 28.5 Å². The van der Waals surface area contributed by atoms with E-state index in [1.54, 1.807) is 49.4 Å². The second kappa shape index (κ2) is 14.0. The van der Waals surface area contributed by atoms with Gasteiger partial charge in [-0.3, -0.25) is 13.9 Å². The summed E-state index contributed by atoms with van der Waals surface area (Å²) in [6.45, 7) is 7.15. The summed E-state index contributed by atoms with van der Waals surface area (Å²) in [4.78, 5) is 28.5. The molecule has 0 bridgehead atoms. The van der Waals surface area contributed by atoms with Crippen LogP contribution in [0.3, 0.4) is 0 Å². The molecule has 0 aliphatic rings. The highest BCUT2D eigenvalue weighted by atomic mass is 35.5. The molecule has 0 aliphatic heterocycles. The van der Waals surface area contributed by atoms with Gasteiger partial charge in [-0.25, -0.2) is 8.42 Å². The maximum atomic E-state index is 14.1. The zero-order valence-electron chi connectivity index (χ0n) is 23.2. The number of hydrogen-bond donors (Lipinski definition) is 1. The number of halogens is 2. The van der Waals surface area contributed by atoms with E-state index in [2.05, 4.69) is 5.32 Å². The number of para-hydroxylation sites is 1. The van der Waals surface area contributed by atoms with Crippen molar-refractivity contribution in [3.05, 3.63) is 93.5 Å². The third-order valence-corrected chi connectivity index (χ3v) is 9.12. The summed E-state index contributed by atoms with van der Waals surface area (Å²) in [6, 6.07) is 17.6. The summed E-state index contributed by atoms with van der Waals surface area (Å²) < 4.78 is 29.2. The van der Waals surface area contributed by atoms with Crippen LogP contribution in [0.5, 0.6) is 0 Å². The van der Waals surface area contributed by atoms with Crippen LogP contribution in [0.2, 0.25) is 10.0 Å². The van der Waals surface area contributed by atoms with Gasteiger partial charge in [0.15, 0.2) is 0 Å². The molecule has 1 N–H and O–H groups in total. The highest BCUT2D eigenvalue weighted by molar-refractivity contribution is 7.92. The molecule has 214 valence electrons. The number of carbonyl (C=O) groups excluding carboxylic acids is 2. The Labute approximate surface area is 247 Å². The fourth-order valence-electron chi connectivity index (χ4n) is 4.24.